The Morgan fingerprint density at radius 1 is 1.52 bits per heavy atom. The lowest BCUT2D eigenvalue weighted by Gasteiger charge is -2.27. The Labute approximate surface area is 124 Å². The molecule has 0 saturated carbocycles. The number of ether oxygens (including phenoxy) is 1. The first-order valence-electron chi connectivity index (χ1n) is 7.21. The molecule has 6 heteroatoms. The van der Waals surface area contributed by atoms with E-state index in [1.807, 2.05) is 30.3 Å². The molecule has 0 aliphatic carbocycles. The van der Waals surface area contributed by atoms with Crippen molar-refractivity contribution in [1.29, 1.82) is 0 Å². The van der Waals surface area contributed by atoms with Gasteiger partial charge in [-0.3, -0.25) is 4.79 Å². The Hall–Kier alpha value is -2.04. The molecule has 0 bridgehead atoms. The number of esters is 1. The van der Waals surface area contributed by atoms with Crippen LogP contribution < -0.4 is 5.32 Å². The Bertz CT molecular complexity index is 528. The molecule has 2 atom stereocenters. The van der Waals surface area contributed by atoms with Crippen molar-refractivity contribution in [3.05, 3.63) is 46.3 Å². The largest absolute Gasteiger partial charge is 0.460 e. The van der Waals surface area contributed by atoms with Crippen LogP contribution >= 0.6 is 0 Å². The summed E-state index contributed by atoms with van der Waals surface area (Å²) < 4.78 is 5.40. The zero-order valence-corrected chi connectivity index (χ0v) is 12.2. The maximum atomic E-state index is 12.5. The quantitative estimate of drug-likeness (QED) is 0.378. The minimum absolute atomic E-state index is 0.0123. The van der Waals surface area contributed by atoms with Crippen LogP contribution in [-0.2, 0) is 16.1 Å². The third-order valence-corrected chi connectivity index (χ3v) is 3.89. The Kier molecular flexibility index (Phi) is 5.20. The highest BCUT2D eigenvalue weighted by atomic mass is 16.5. The zero-order valence-electron chi connectivity index (χ0n) is 12.2. The van der Waals surface area contributed by atoms with Crippen LogP contribution in [0.1, 0.15) is 25.3 Å². The standard InChI is InChI=1S/C15H20N4O2/c1-2-6-13-9-17-11-15(13,18-19-16)14(20)21-10-12-7-4-3-5-8-12/h3-5,7-8,13,17H,2,6,9-11H2,1H3/t13-,15-/m0/s1. The van der Waals surface area contributed by atoms with Crippen molar-refractivity contribution >= 4 is 5.97 Å². The second-order valence-electron chi connectivity index (χ2n) is 5.29. The number of nitrogens with zero attached hydrogens (tertiary/aromatic N) is 3. The van der Waals surface area contributed by atoms with E-state index >= 15 is 0 Å². The summed E-state index contributed by atoms with van der Waals surface area (Å²) in [4.78, 5) is 15.4. The van der Waals surface area contributed by atoms with Crippen molar-refractivity contribution in [2.75, 3.05) is 13.1 Å². The van der Waals surface area contributed by atoms with Gasteiger partial charge in [0.25, 0.3) is 0 Å². The highest BCUT2D eigenvalue weighted by Crippen LogP contribution is 2.32. The molecule has 1 aliphatic rings. The lowest BCUT2D eigenvalue weighted by molar-refractivity contribution is -0.152. The summed E-state index contributed by atoms with van der Waals surface area (Å²) in [6.07, 6.45) is 1.76. The summed E-state index contributed by atoms with van der Waals surface area (Å²) in [6.45, 7) is 3.26. The summed E-state index contributed by atoms with van der Waals surface area (Å²) >= 11 is 0. The first-order chi connectivity index (χ1) is 10.2. The van der Waals surface area contributed by atoms with Crippen LogP contribution in [0.5, 0.6) is 0 Å². The zero-order chi connectivity index (χ0) is 15.1. The number of hydrogen-bond donors (Lipinski definition) is 1. The number of hydrogen-bond acceptors (Lipinski definition) is 4. The number of carbonyl (C=O) groups is 1. The lowest BCUT2D eigenvalue weighted by Crippen LogP contribution is -2.45. The van der Waals surface area contributed by atoms with Gasteiger partial charge in [0.2, 0.25) is 0 Å². The van der Waals surface area contributed by atoms with Gasteiger partial charge in [0.05, 0.1) is 0 Å². The summed E-state index contributed by atoms with van der Waals surface area (Å²) in [5.74, 6) is -0.450. The van der Waals surface area contributed by atoms with E-state index in [4.69, 9.17) is 10.3 Å². The minimum Gasteiger partial charge on any atom is -0.460 e. The van der Waals surface area contributed by atoms with Crippen LogP contribution in [0.15, 0.2) is 35.4 Å². The van der Waals surface area contributed by atoms with Gasteiger partial charge in [-0.05, 0) is 30.0 Å². The summed E-state index contributed by atoms with van der Waals surface area (Å²) in [5, 5.41) is 6.96. The van der Waals surface area contributed by atoms with Gasteiger partial charge in [0.1, 0.15) is 6.61 Å². The van der Waals surface area contributed by atoms with Crippen LogP contribution in [0.4, 0.5) is 0 Å². The molecule has 6 nitrogen and oxygen atoms in total. The molecule has 2 rings (SSSR count). The van der Waals surface area contributed by atoms with Gasteiger partial charge in [-0.1, -0.05) is 48.8 Å². The molecule has 112 valence electrons. The van der Waals surface area contributed by atoms with Crippen LogP contribution in [0, 0.1) is 5.92 Å². The van der Waals surface area contributed by atoms with Gasteiger partial charge < -0.3 is 10.1 Å². The number of rotatable bonds is 6. The van der Waals surface area contributed by atoms with Crippen molar-refractivity contribution in [3.8, 4) is 0 Å². The van der Waals surface area contributed by atoms with Gasteiger partial charge in [0.15, 0.2) is 5.54 Å². The van der Waals surface area contributed by atoms with E-state index in [1.165, 1.54) is 0 Å². The average Bonchev–Trinajstić information content (AvgIpc) is 2.91. The molecule has 21 heavy (non-hydrogen) atoms. The second kappa shape index (κ2) is 7.11. The van der Waals surface area contributed by atoms with Gasteiger partial charge in [-0.25, -0.2) is 0 Å². The molecule has 1 N–H and O–H groups in total. The molecule has 0 radical (unpaired) electrons. The number of carbonyl (C=O) groups excluding carboxylic acids is 1. The fourth-order valence-electron chi connectivity index (χ4n) is 2.76. The number of azide groups is 1. The van der Waals surface area contributed by atoms with Crippen LogP contribution in [-0.4, -0.2) is 24.6 Å². The molecular formula is C15H20N4O2. The van der Waals surface area contributed by atoms with E-state index < -0.39 is 11.5 Å². The third kappa shape index (κ3) is 3.35. The van der Waals surface area contributed by atoms with Gasteiger partial charge >= 0.3 is 5.97 Å². The highest BCUT2D eigenvalue weighted by Gasteiger charge is 2.49. The first kappa shape index (κ1) is 15.4. The van der Waals surface area contributed by atoms with E-state index in [2.05, 4.69) is 22.3 Å². The maximum Gasteiger partial charge on any atom is 0.320 e. The van der Waals surface area contributed by atoms with Crippen molar-refractivity contribution in [2.24, 2.45) is 11.0 Å². The van der Waals surface area contributed by atoms with Crippen molar-refractivity contribution in [3.63, 3.8) is 0 Å². The van der Waals surface area contributed by atoms with Crippen LogP contribution in [0.3, 0.4) is 0 Å². The summed E-state index contributed by atoms with van der Waals surface area (Å²) in [7, 11) is 0. The average molecular weight is 288 g/mol. The molecule has 0 aromatic heterocycles. The summed E-state index contributed by atoms with van der Waals surface area (Å²) in [5.41, 5.74) is 8.64. The van der Waals surface area contributed by atoms with E-state index in [-0.39, 0.29) is 12.5 Å². The Balaban J connectivity index is 2.10. The molecule has 1 aliphatic heterocycles. The van der Waals surface area contributed by atoms with Gasteiger partial charge in [-0.15, -0.1) is 0 Å². The Morgan fingerprint density at radius 2 is 2.29 bits per heavy atom. The Morgan fingerprint density at radius 3 is 2.95 bits per heavy atom. The van der Waals surface area contributed by atoms with Gasteiger partial charge in [0, 0.05) is 11.5 Å². The maximum absolute atomic E-state index is 12.5. The summed E-state index contributed by atoms with van der Waals surface area (Å²) in [6, 6.07) is 9.48. The molecule has 1 aromatic rings. The monoisotopic (exact) mass is 288 g/mol. The predicted octanol–water partition coefficient (Wildman–Crippen LogP) is 2.80. The third-order valence-electron chi connectivity index (χ3n) is 3.89. The fraction of sp³-hybridized carbons (Fsp3) is 0.533. The van der Waals surface area contributed by atoms with Crippen molar-refractivity contribution in [2.45, 2.75) is 31.9 Å². The van der Waals surface area contributed by atoms with Crippen LogP contribution in [0.2, 0.25) is 0 Å². The lowest BCUT2D eigenvalue weighted by atomic mass is 9.85. The molecule has 1 fully saturated rings. The number of benzene rings is 1. The topological polar surface area (TPSA) is 87.1 Å². The number of nitrogens with one attached hydrogen (secondary N) is 1. The molecular weight excluding hydrogens is 268 g/mol. The molecule has 1 saturated heterocycles. The van der Waals surface area contributed by atoms with E-state index in [1.54, 1.807) is 0 Å². The molecule has 0 amide bonds. The van der Waals surface area contributed by atoms with Crippen LogP contribution in [0.25, 0.3) is 10.4 Å². The van der Waals surface area contributed by atoms with Crippen molar-refractivity contribution in [1.82, 2.24) is 5.32 Å². The molecule has 1 aromatic carbocycles. The van der Waals surface area contributed by atoms with E-state index in [0.29, 0.717) is 13.1 Å². The fourth-order valence-corrected chi connectivity index (χ4v) is 2.76. The smallest absolute Gasteiger partial charge is 0.320 e. The van der Waals surface area contributed by atoms with Crippen molar-refractivity contribution < 1.29 is 9.53 Å². The molecule has 1 heterocycles. The molecule has 0 spiro atoms. The SMILES string of the molecule is CCC[C@H]1CNC[C@@]1(N=[N+]=[N-])C(=O)OCc1ccccc1. The minimum atomic E-state index is -1.11. The predicted molar refractivity (Wildman–Crippen MR) is 79.4 cm³/mol. The van der Waals surface area contributed by atoms with Gasteiger partial charge in [-0.2, -0.15) is 0 Å². The second-order valence-corrected chi connectivity index (χ2v) is 5.29. The molecule has 0 unspecified atom stereocenters. The normalized spacial score (nSPS) is 24.3. The van der Waals surface area contributed by atoms with E-state index in [0.717, 1.165) is 18.4 Å². The van der Waals surface area contributed by atoms with E-state index in [9.17, 15) is 4.79 Å². The first-order valence-corrected chi connectivity index (χ1v) is 7.21. The highest BCUT2D eigenvalue weighted by molar-refractivity contribution is 5.82.